The van der Waals surface area contributed by atoms with E-state index < -0.39 is 60.4 Å². The van der Waals surface area contributed by atoms with Crippen LogP contribution >= 0.6 is 0 Å². The number of aliphatic hydroxyl groups excluding tert-OH is 1. The molecule has 0 fully saturated rings. The third kappa shape index (κ3) is 10.7. The number of aromatic hydroxyl groups is 1. The lowest BCUT2D eigenvalue weighted by molar-refractivity contribution is -0.140. The van der Waals surface area contributed by atoms with Crippen molar-refractivity contribution in [1.82, 2.24) is 16.0 Å². The Hall–Kier alpha value is -5.27. The molecule has 0 unspecified atom stereocenters. The van der Waals surface area contributed by atoms with Crippen molar-refractivity contribution in [3.05, 3.63) is 95.6 Å². The Labute approximate surface area is 259 Å². The van der Waals surface area contributed by atoms with E-state index in [1.165, 1.54) is 43.3 Å². The number of benzene rings is 3. The summed E-state index contributed by atoms with van der Waals surface area (Å²) in [7, 11) is 0. The number of anilines is 1. The predicted molar refractivity (Wildman–Crippen MR) is 164 cm³/mol. The number of nitrogens with one attached hydrogen (secondary N) is 4. The van der Waals surface area contributed by atoms with Crippen molar-refractivity contribution < 1.29 is 44.4 Å². The highest BCUT2D eigenvalue weighted by Gasteiger charge is 2.29. The second-order valence-electron chi connectivity index (χ2n) is 10.4. The molecular formula is C32H36N4O9. The van der Waals surface area contributed by atoms with Crippen molar-refractivity contribution >= 4 is 35.3 Å². The average molecular weight is 621 g/mol. The number of phenols is 1. The lowest BCUT2D eigenvalue weighted by Gasteiger charge is -2.24. The second kappa shape index (κ2) is 16.5. The molecule has 8 N–H and O–H groups in total. The Morgan fingerprint density at radius 2 is 1.33 bits per heavy atom. The molecule has 0 heterocycles. The highest BCUT2D eigenvalue weighted by Crippen LogP contribution is 2.14. The molecule has 0 aliphatic heterocycles. The SMILES string of the molecule is C[C@H](N[C@@H](CCc1ccccc1)C(=O)O)C(=O)N[C@@H](CO)C(=O)N[C@@H](Cc1ccc(O)cc1)C(=O)Nc1ccc(C(=O)O)cc1. The quantitative estimate of drug-likeness (QED) is 0.115. The highest BCUT2D eigenvalue weighted by atomic mass is 16.4. The fourth-order valence-electron chi connectivity index (χ4n) is 4.38. The molecule has 0 radical (unpaired) electrons. The van der Waals surface area contributed by atoms with Crippen molar-refractivity contribution in [2.75, 3.05) is 11.9 Å². The molecule has 45 heavy (non-hydrogen) atoms. The molecular weight excluding hydrogens is 584 g/mol. The number of aliphatic hydroxyl groups is 1. The molecule has 0 spiro atoms. The van der Waals surface area contributed by atoms with Gasteiger partial charge < -0.3 is 36.4 Å². The molecule has 0 aliphatic carbocycles. The van der Waals surface area contributed by atoms with Gasteiger partial charge in [-0.3, -0.25) is 24.5 Å². The third-order valence-corrected chi connectivity index (χ3v) is 6.93. The van der Waals surface area contributed by atoms with Crippen LogP contribution in [0.5, 0.6) is 5.75 Å². The molecule has 3 amide bonds. The van der Waals surface area contributed by atoms with Crippen LogP contribution in [0.2, 0.25) is 0 Å². The second-order valence-corrected chi connectivity index (χ2v) is 10.4. The first-order valence-corrected chi connectivity index (χ1v) is 14.1. The number of carboxylic acids is 2. The van der Waals surface area contributed by atoms with E-state index in [1.54, 1.807) is 12.1 Å². The van der Waals surface area contributed by atoms with Crippen LogP contribution in [0.25, 0.3) is 0 Å². The van der Waals surface area contributed by atoms with Gasteiger partial charge in [-0.2, -0.15) is 0 Å². The molecule has 238 valence electrons. The van der Waals surface area contributed by atoms with E-state index >= 15 is 0 Å². The number of carboxylic acid groups (broad SMARTS) is 2. The van der Waals surface area contributed by atoms with Gasteiger partial charge in [0.2, 0.25) is 17.7 Å². The fourth-order valence-corrected chi connectivity index (χ4v) is 4.38. The fraction of sp³-hybridized carbons (Fsp3) is 0.281. The van der Waals surface area contributed by atoms with Crippen molar-refractivity contribution in [2.24, 2.45) is 0 Å². The van der Waals surface area contributed by atoms with Crippen LogP contribution < -0.4 is 21.3 Å². The maximum absolute atomic E-state index is 13.2. The minimum atomic E-state index is -1.47. The van der Waals surface area contributed by atoms with E-state index in [1.807, 2.05) is 30.3 Å². The van der Waals surface area contributed by atoms with Crippen LogP contribution in [0, 0.1) is 0 Å². The lowest BCUT2D eigenvalue weighted by atomic mass is 10.0. The molecule has 0 saturated heterocycles. The Morgan fingerprint density at radius 3 is 1.91 bits per heavy atom. The van der Waals surface area contributed by atoms with Gasteiger partial charge in [0, 0.05) is 12.1 Å². The van der Waals surface area contributed by atoms with Gasteiger partial charge in [0.25, 0.3) is 0 Å². The van der Waals surface area contributed by atoms with Gasteiger partial charge in [0.05, 0.1) is 18.2 Å². The van der Waals surface area contributed by atoms with Crippen molar-refractivity contribution in [1.29, 1.82) is 0 Å². The summed E-state index contributed by atoms with van der Waals surface area (Å²) < 4.78 is 0. The zero-order valence-corrected chi connectivity index (χ0v) is 24.5. The van der Waals surface area contributed by atoms with Crippen LogP contribution in [0.4, 0.5) is 5.69 Å². The summed E-state index contributed by atoms with van der Waals surface area (Å²) in [5, 5.41) is 48.5. The normalized spacial score (nSPS) is 13.5. The lowest BCUT2D eigenvalue weighted by Crippen LogP contribution is -2.58. The number of carbonyl (C=O) groups excluding carboxylic acids is 3. The molecule has 3 aromatic carbocycles. The van der Waals surface area contributed by atoms with Gasteiger partial charge in [-0.15, -0.1) is 0 Å². The molecule has 0 aliphatic rings. The smallest absolute Gasteiger partial charge is 0.335 e. The van der Waals surface area contributed by atoms with Crippen molar-refractivity contribution in [3.8, 4) is 5.75 Å². The van der Waals surface area contributed by atoms with Gasteiger partial charge >= 0.3 is 11.9 Å². The number of hydrogen-bond donors (Lipinski definition) is 8. The molecule has 0 aromatic heterocycles. The van der Waals surface area contributed by atoms with Crippen LogP contribution in [-0.4, -0.2) is 80.9 Å². The molecule has 4 atom stereocenters. The van der Waals surface area contributed by atoms with E-state index in [-0.39, 0.29) is 29.8 Å². The summed E-state index contributed by atoms with van der Waals surface area (Å²) in [6.07, 6.45) is 0.625. The van der Waals surface area contributed by atoms with Crippen molar-refractivity contribution in [3.63, 3.8) is 0 Å². The minimum absolute atomic E-state index is 0.00158. The van der Waals surface area contributed by atoms with E-state index in [4.69, 9.17) is 5.11 Å². The number of amides is 3. The summed E-state index contributed by atoms with van der Waals surface area (Å²) in [5.74, 6) is -4.58. The van der Waals surface area contributed by atoms with E-state index in [0.717, 1.165) is 5.56 Å². The van der Waals surface area contributed by atoms with E-state index in [2.05, 4.69) is 21.3 Å². The molecule has 3 rings (SSSR count). The Morgan fingerprint density at radius 1 is 0.711 bits per heavy atom. The summed E-state index contributed by atoms with van der Waals surface area (Å²) in [6.45, 7) is 0.613. The number of hydrogen-bond acceptors (Lipinski definition) is 8. The van der Waals surface area contributed by atoms with Gasteiger partial charge in [-0.05, 0) is 67.3 Å². The average Bonchev–Trinajstić information content (AvgIpc) is 3.02. The third-order valence-electron chi connectivity index (χ3n) is 6.93. The molecule has 0 bridgehead atoms. The number of aliphatic carboxylic acids is 1. The molecule has 3 aromatic rings. The summed E-state index contributed by atoms with van der Waals surface area (Å²) in [6, 6.07) is 15.8. The molecule has 13 nitrogen and oxygen atoms in total. The summed E-state index contributed by atoms with van der Waals surface area (Å²) in [5.41, 5.74) is 1.79. The topological polar surface area (TPSA) is 214 Å². The maximum atomic E-state index is 13.2. The maximum Gasteiger partial charge on any atom is 0.335 e. The zero-order chi connectivity index (χ0) is 32.9. The zero-order valence-electron chi connectivity index (χ0n) is 24.5. The van der Waals surface area contributed by atoms with Gasteiger partial charge in [0.15, 0.2) is 0 Å². The van der Waals surface area contributed by atoms with Gasteiger partial charge in [-0.1, -0.05) is 42.5 Å². The largest absolute Gasteiger partial charge is 0.508 e. The van der Waals surface area contributed by atoms with Crippen LogP contribution in [-0.2, 0) is 32.0 Å². The molecule has 0 saturated carbocycles. The monoisotopic (exact) mass is 620 g/mol. The first-order valence-electron chi connectivity index (χ1n) is 14.1. The van der Waals surface area contributed by atoms with Crippen molar-refractivity contribution in [2.45, 2.75) is 50.4 Å². The number of carbonyl (C=O) groups is 5. The van der Waals surface area contributed by atoms with Crippen LogP contribution in [0.3, 0.4) is 0 Å². The van der Waals surface area contributed by atoms with Gasteiger partial charge in [-0.25, -0.2) is 4.79 Å². The first kappa shape index (κ1) is 34.2. The highest BCUT2D eigenvalue weighted by molar-refractivity contribution is 5.99. The Bertz CT molecular complexity index is 1460. The minimum Gasteiger partial charge on any atom is -0.508 e. The van der Waals surface area contributed by atoms with Crippen LogP contribution in [0.15, 0.2) is 78.9 Å². The number of phenolic OH excluding ortho intramolecular Hbond substituents is 1. The van der Waals surface area contributed by atoms with Gasteiger partial charge in [0.1, 0.15) is 23.9 Å². The van der Waals surface area contributed by atoms with Crippen LogP contribution in [0.1, 0.15) is 34.8 Å². The first-order chi connectivity index (χ1) is 21.5. The summed E-state index contributed by atoms with van der Waals surface area (Å²) >= 11 is 0. The number of aryl methyl sites for hydroxylation is 1. The summed E-state index contributed by atoms with van der Waals surface area (Å²) in [4.78, 5) is 62.3. The van der Waals surface area contributed by atoms with E-state index in [0.29, 0.717) is 12.0 Å². The Kier molecular flexibility index (Phi) is 12.6. The predicted octanol–water partition coefficient (Wildman–Crippen LogP) is 1.30. The standard InChI is InChI=1S/C32H36N4O9/c1-19(33-25(32(44)45)16-9-20-5-3-2-4-6-20)28(39)36-27(18-37)30(41)35-26(17-21-7-14-24(38)15-8-21)29(40)34-23-12-10-22(11-13-23)31(42)43/h2-8,10-15,19,25-27,33,37-38H,9,16-18H2,1H3,(H,34,40)(H,35,41)(H,36,39)(H,42,43)(H,44,45)/t19-,25-,26-,27-/m0/s1. The van der Waals surface area contributed by atoms with E-state index in [9.17, 15) is 39.3 Å². The Balaban J connectivity index is 1.67. The number of aromatic carboxylic acids is 1. The number of rotatable bonds is 16. The molecule has 13 heteroatoms.